The Morgan fingerprint density at radius 1 is 1.05 bits per heavy atom. The number of nitrogens with zero attached hydrogens (tertiary/aromatic N) is 1. The highest BCUT2D eigenvalue weighted by atomic mass is 35.5. The number of rotatable bonds is 2. The van der Waals surface area contributed by atoms with Gasteiger partial charge >= 0.3 is 0 Å². The van der Waals surface area contributed by atoms with Crippen LogP contribution in [0.15, 0.2) is 41.2 Å². The van der Waals surface area contributed by atoms with Crippen molar-refractivity contribution in [2.24, 2.45) is 0 Å². The third-order valence-electron chi connectivity index (χ3n) is 3.42. The molecule has 0 amide bonds. The van der Waals surface area contributed by atoms with Crippen LogP contribution >= 0.6 is 11.6 Å². The second kappa shape index (κ2) is 5.69. The molecule has 0 spiro atoms. The fourth-order valence-electron chi connectivity index (χ4n) is 2.30. The van der Waals surface area contributed by atoms with Crippen molar-refractivity contribution in [1.29, 1.82) is 0 Å². The van der Waals surface area contributed by atoms with Crippen LogP contribution in [-0.4, -0.2) is 31.3 Å². The summed E-state index contributed by atoms with van der Waals surface area (Å²) in [7, 11) is 0. The van der Waals surface area contributed by atoms with Gasteiger partial charge in [-0.25, -0.2) is 0 Å². The van der Waals surface area contributed by atoms with Gasteiger partial charge in [0, 0.05) is 24.5 Å². The summed E-state index contributed by atoms with van der Waals surface area (Å²) in [5, 5.41) is 0.207. The molecule has 1 aliphatic rings. The van der Waals surface area contributed by atoms with Gasteiger partial charge in [-0.2, -0.15) is 0 Å². The molecule has 0 bridgehead atoms. The molecule has 0 saturated carbocycles. The predicted molar refractivity (Wildman–Crippen MR) is 80.5 cm³/mol. The number of nitrogens with one attached hydrogen (secondary N) is 1. The van der Waals surface area contributed by atoms with Crippen molar-refractivity contribution in [3.8, 4) is 11.3 Å². The molecule has 3 rings (SSSR count). The van der Waals surface area contributed by atoms with E-state index in [1.54, 1.807) is 6.07 Å². The molecular weight excluding hydrogens is 276 g/mol. The summed E-state index contributed by atoms with van der Waals surface area (Å²) in [5.74, 6) is 0. The van der Waals surface area contributed by atoms with E-state index in [9.17, 15) is 4.79 Å². The highest BCUT2D eigenvalue weighted by Gasteiger charge is 2.11. The average Bonchev–Trinajstić information content (AvgIpc) is 2.51. The van der Waals surface area contributed by atoms with Crippen molar-refractivity contribution in [3.63, 3.8) is 0 Å². The Balaban J connectivity index is 1.85. The quantitative estimate of drug-likeness (QED) is 0.924. The molecule has 1 aromatic heterocycles. The normalized spacial score (nSPS) is 15.3. The van der Waals surface area contributed by atoms with Crippen molar-refractivity contribution in [2.75, 3.05) is 31.2 Å². The second-order valence-electron chi connectivity index (χ2n) is 4.70. The van der Waals surface area contributed by atoms with Gasteiger partial charge in [-0.15, -0.1) is 0 Å². The number of anilines is 1. The van der Waals surface area contributed by atoms with Crippen LogP contribution in [0.1, 0.15) is 0 Å². The molecule has 2 aromatic rings. The summed E-state index contributed by atoms with van der Waals surface area (Å²) in [4.78, 5) is 16.6. The number of benzene rings is 1. The maximum Gasteiger partial charge on any atom is 0.267 e. The molecule has 0 radical (unpaired) electrons. The van der Waals surface area contributed by atoms with Crippen LogP contribution in [-0.2, 0) is 4.74 Å². The molecule has 4 nitrogen and oxygen atoms in total. The van der Waals surface area contributed by atoms with E-state index in [4.69, 9.17) is 16.3 Å². The van der Waals surface area contributed by atoms with Gasteiger partial charge in [-0.05, 0) is 29.8 Å². The Labute approximate surface area is 122 Å². The molecule has 5 heteroatoms. The fourth-order valence-corrected chi connectivity index (χ4v) is 2.41. The van der Waals surface area contributed by atoms with E-state index < -0.39 is 0 Å². The lowest BCUT2D eigenvalue weighted by Gasteiger charge is -2.28. The summed E-state index contributed by atoms with van der Waals surface area (Å²) in [6, 6.07) is 11.6. The summed E-state index contributed by atoms with van der Waals surface area (Å²) < 4.78 is 5.34. The molecule has 20 heavy (non-hydrogen) atoms. The predicted octanol–water partition coefficient (Wildman–Crippen LogP) is 2.53. The first-order valence-electron chi connectivity index (χ1n) is 6.56. The zero-order chi connectivity index (χ0) is 13.9. The molecule has 104 valence electrons. The van der Waals surface area contributed by atoms with Crippen molar-refractivity contribution in [2.45, 2.75) is 0 Å². The Bertz CT molecular complexity index is 646. The van der Waals surface area contributed by atoms with Gasteiger partial charge in [0.25, 0.3) is 5.56 Å². The number of aromatic amines is 1. The molecule has 1 aromatic carbocycles. The Morgan fingerprint density at radius 3 is 2.40 bits per heavy atom. The third-order valence-corrected chi connectivity index (χ3v) is 3.71. The number of pyridine rings is 1. The topological polar surface area (TPSA) is 45.3 Å². The van der Waals surface area contributed by atoms with Crippen molar-refractivity contribution in [3.05, 3.63) is 51.8 Å². The number of morpholine rings is 1. The summed E-state index contributed by atoms with van der Waals surface area (Å²) in [6.07, 6.45) is 0. The smallest absolute Gasteiger partial charge is 0.267 e. The van der Waals surface area contributed by atoms with E-state index in [0.717, 1.165) is 37.6 Å². The number of ether oxygens (including phenoxy) is 1. The van der Waals surface area contributed by atoms with Crippen molar-refractivity contribution >= 4 is 17.3 Å². The van der Waals surface area contributed by atoms with E-state index in [2.05, 4.69) is 22.0 Å². The monoisotopic (exact) mass is 290 g/mol. The first-order chi connectivity index (χ1) is 9.74. The minimum Gasteiger partial charge on any atom is -0.378 e. The highest BCUT2D eigenvalue weighted by Crippen LogP contribution is 2.22. The summed E-state index contributed by atoms with van der Waals surface area (Å²) >= 11 is 5.73. The number of halogens is 1. The number of aromatic nitrogens is 1. The van der Waals surface area contributed by atoms with Crippen LogP contribution in [0.4, 0.5) is 5.69 Å². The van der Waals surface area contributed by atoms with Crippen LogP contribution in [0.3, 0.4) is 0 Å². The van der Waals surface area contributed by atoms with Gasteiger partial charge in [0.05, 0.1) is 13.2 Å². The number of hydrogen-bond acceptors (Lipinski definition) is 3. The first-order valence-corrected chi connectivity index (χ1v) is 6.94. The molecule has 1 N–H and O–H groups in total. The molecular formula is C15H15ClN2O2. The highest BCUT2D eigenvalue weighted by molar-refractivity contribution is 6.30. The van der Waals surface area contributed by atoms with Crippen LogP contribution in [0.5, 0.6) is 0 Å². The standard InChI is InChI=1S/C15H15ClN2O2/c16-13-5-6-14(17-15(13)19)11-1-3-12(4-2-11)18-7-9-20-10-8-18/h1-6H,7-10H2,(H,17,19). The lowest BCUT2D eigenvalue weighted by molar-refractivity contribution is 0.122. The minimum atomic E-state index is -0.263. The fraction of sp³-hybridized carbons (Fsp3) is 0.267. The van der Waals surface area contributed by atoms with E-state index >= 15 is 0 Å². The number of H-pyrrole nitrogens is 1. The van der Waals surface area contributed by atoms with E-state index in [1.165, 1.54) is 5.69 Å². The molecule has 0 atom stereocenters. The molecule has 0 aliphatic carbocycles. The summed E-state index contributed by atoms with van der Waals surface area (Å²) in [6.45, 7) is 3.37. The van der Waals surface area contributed by atoms with Gasteiger partial charge in [-0.1, -0.05) is 23.7 Å². The van der Waals surface area contributed by atoms with Crippen LogP contribution in [0, 0.1) is 0 Å². The van der Waals surface area contributed by atoms with E-state index in [-0.39, 0.29) is 10.6 Å². The largest absolute Gasteiger partial charge is 0.378 e. The lowest BCUT2D eigenvalue weighted by Crippen LogP contribution is -2.36. The molecule has 0 unspecified atom stereocenters. The van der Waals surface area contributed by atoms with Crippen LogP contribution in [0.2, 0.25) is 5.02 Å². The molecule has 1 fully saturated rings. The van der Waals surface area contributed by atoms with E-state index in [0.29, 0.717) is 0 Å². The van der Waals surface area contributed by atoms with E-state index in [1.807, 2.05) is 18.2 Å². The maximum atomic E-state index is 11.5. The molecule has 1 saturated heterocycles. The van der Waals surface area contributed by atoms with Gasteiger partial charge in [0.1, 0.15) is 5.02 Å². The van der Waals surface area contributed by atoms with Crippen LogP contribution in [0.25, 0.3) is 11.3 Å². The zero-order valence-corrected chi connectivity index (χ0v) is 11.7. The Morgan fingerprint density at radius 2 is 1.75 bits per heavy atom. The maximum absolute atomic E-state index is 11.5. The number of hydrogen-bond donors (Lipinski definition) is 1. The van der Waals surface area contributed by atoms with Gasteiger partial charge < -0.3 is 14.6 Å². The van der Waals surface area contributed by atoms with Gasteiger partial charge in [0.15, 0.2) is 0 Å². The Kier molecular flexibility index (Phi) is 3.76. The van der Waals surface area contributed by atoms with Crippen molar-refractivity contribution < 1.29 is 4.74 Å². The van der Waals surface area contributed by atoms with Gasteiger partial charge in [0.2, 0.25) is 0 Å². The minimum absolute atomic E-state index is 0.207. The van der Waals surface area contributed by atoms with Crippen molar-refractivity contribution in [1.82, 2.24) is 4.98 Å². The third kappa shape index (κ3) is 2.71. The zero-order valence-electron chi connectivity index (χ0n) is 10.9. The molecule has 1 aliphatic heterocycles. The lowest BCUT2D eigenvalue weighted by atomic mass is 10.1. The molecule has 2 heterocycles. The van der Waals surface area contributed by atoms with Crippen LogP contribution < -0.4 is 10.5 Å². The summed E-state index contributed by atoms with van der Waals surface area (Å²) in [5.41, 5.74) is 2.65. The SMILES string of the molecule is O=c1[nH]c(-c2ccc(N3CCOCC3)cc2)ccc1Cl. The van der Waals surface area contributed by atoms with Gasteiger partial charge in [-0.3, -0.25) is 4.79 Å². The Hall–Kier alpha value is -1.78. The average molecular weight is 291 g/mol. The first kappa shape index (κ1) is 13.2. The second-order valence-corrected chi connectivity index (χ2v) is 5.10.